The monoisotopic (exact) mass is 175 g/mol. The quantitative estimate of drug-likeness (QED) is 0.623. The maximum absolute atomic E-state index is 10.3. The normalized spacial score (nSPS) is 14.5. The number of nitrogens with two attached hydrogens (primary N) is 1. The number of rotatable bonds is 3. The number of halogens is 2. The van der Waals surface area contributed by atoms with Gasteiger partial charge >= 0.3 is 0 Å². The van der Waals surface area contributed by atoms with Crippen LogP contribution in [0.25, 0.3) is 0 Å². The highest BCUT2D eigenvalue weighted by molar-refractivity contribution is 7.83. The molecule has 0 aromatic heterocycles. The summed E-state index contributed by atoms with van der Waals surface area (Å²) in [6, 6.07) is 0. The first kappa shape index (κ1) is 8.69. The third-order valence-electron chi connectivity index (χ3n) is 0.673. The summed E-state index contributed by atoms with van der Waals surface area (Å²) in [6.45, 7) is 0. The van der Waals surface area contributed by atoms with E-state index < -0.39 is 11.0 Å². The minimum absolute atomic E-state index is 0.257. The predicted octanol–water partition coefficient (Wildman–Crippen LogP) is 0.455. The molecule has 0 bridgehead atoms. The molecule has 0 saturated carbocycles. The van der Waals surface area contributed by atoms with Crippen molar-refractivity contribution in [2.75, 3.05) is 11.8 Å². The van der Waals surface area contributed by atoms with Crippen molar-refractivity contribution in [1.82, 2.24) is 0 Å². The van der Waals surface area contributed by atoms with Crippen molar-refractivity contribution in [2.45, 2.75) is 5.25 Å². The van der Waals surface area contributed by atoms with E-state index in [-0.39, 0.29) is 17.0 Å². The van der Waals surface area contributed by atoms with Crippen LogP contribution in [-0.4, -0.2) is 21.2 Å². The molecule has 0 saturated heterocycles. The van der Waals surface area contributed by atoms with E-state index in [4.69, 9.17) is 28.3 Å². The summed E-state index contributed by atoms with van der Waals surface area (Å²) in [6.07, 6.45) is 0. The minimum atomic E-state index is -1.37. The van der Waals surface area contributed by atoms with Crippen LogP contribution in [0.2, 0.25) is 0 Å². The fourth-order valence-electron chi connectivity index (χ4n) is 0.165. The maximum Gasteiger partial charge on any atom is 0.0944 e. The highest BCUT2D eigenvalue weighted by atomic mass is 35.5. The smallest absolute Gasteiger partial charge is 0.0944 e. The molecule has 0 spiro atoms. The molecular formula is C3H7Cl2NOS. The van der Waals surface area contributed by atoms with Gasteiger partial charge in [-0.1, -0.05) is 0 Å². The van der Waals surface area contributed by atoms with Crippen molar-refractivity contribution in [2.24, 2.45) is 5.14 Å². The molecule has 0 aliphatic carbocycles. The molecule has 1 atom stereocenters. The Kier molecular flexibility index (Phi) is 4.95. The van der Waals surface area contributed by atoms with Crippen molar-refractivity contribution >= 4 is 34.2 Å². The molecule has 0 amide bonds. The largest absolute Gasteiger partial charge is 0.251 e. The van der Waals surface area contributed by atoms with Crippen molar-refractivity contribution in [1.29, 1.82) is 0 Å². The molecule has 0 rings (SSSR count). The number of hydrogen-bond acceptors (Lipinski definition) is 1. The average molecular weight is 176 g/mol. The molecule has 8 heavy (non-hydrogen) atoms. The topological polar surface area (TPSA) is 43.1 Å². The molecule has 0 fully saturated rings. The second-order valence-corrected chi connectivity index (χ2v) is 3.20. The molecule has 0 radical (unpaired) electrons. The predicted molar refractivity (Wildman–Crippen MR) is 37.6 cm³/mol. The Morgan fingerprint density at radius 1 is 1.50 bits per heavy atom. The fourth-order valence-corrected chi connectivity index (χ4v) is 1.49. The second kappa shape index (κ2) is 4.56. The summed E-state index contributed by atoms with van der Waals surface area (Å²) in [5.74, 6) is 0.513. The van der Waals surface area contributed by atoms with E-state index in [1.54, 1.807) is 0 Å². The summed E-state index contributed by atoms with van der Waals surface area (Å²) in [4.78, 5) is 0. The molecule has 0 heterocycles. The van der Waals surface area contributed by atoms with Gasteiger partial charge in [0, 0.05) is 11.8 Å². The zero-order valence-electron chi connectivity index (χ0n) is 4.14. The molecule has 0 aromatic carbocycles. The van der Waals surface area contributed by atoms with Crippen LogP contribution < -0.4 is 5.14 Å². The third-order valence-corrected chi connectivity index (χ3v) is 2.77. The number of hydrogen-bond donors (Lipinski definition) is 1. The van der Waals surface area contributed by atoms with Gasteiger partial charge in [0.15, 0.2) is 0 Å². The molecular weight excluding hydrogens is 169 g/mol. The van der Waals surface area contributed by atoms with E-state index in [0.717, 1.165) is 0 Å². The van der Waals surface area contributed by atoms with E-state index in [1.165, 1.54) is 0 Å². The average Bonchev–Trinajstić information content (AvgIpc) is 1.69. The summed E-state index contributed by atoms with van der Waals surface area (Å²) in [5, 5.41) is 4.70. The fraction of sp³-hybridized carbons (Fsp3) is 1.00. The molecule has 2 nitrogen and oxygen atoms in total. The van der Waals surface area contributed by atoms with Gasteiger partial charge in [-0.15, -0.1) is 23.2 Å². The molecule has 2 N–H and O–H groups in total. The summed E-state index contributed by atoms with van der Waals surface area (Å²) >= 11 is 10.6. The Morgan fingerprint density at radius 3 is 1.88 bits per heavy atom. The van der Waals surface area contributed by atoms with Gasteiger partial charge in [-0.25, -0.2) is 4.21 Å². The highest BCUT2D eigenvalue weighted by Crippen LogP contribution is 1.96. The van der Waals surface area contributed by atoms with Crippen LogP contribution in [0.15, 0.2) is 0 Å². The third kappa shape index (κ3) is 2.87. The lowest BCUT2D eigenvalue weighted by atomic mass is 10.6. The summed E-state index contributed by atoms with van der Waals surface area (Å²) < 4.78 is 10.3. The lowest BCUT2D eigenvalue weighted by Crippen LogP contribution is -2.24. The van der Waals surface area contributed by atoms with Crippen molar-refractivity contribution in [3.05, 3.63) is 0 Å². The maximum atomic E-state index is 10.3. The van der Waals surface area contributed by atoms with Gasteiger partial charge < -0.3 is 0 Å². The first-order valence-corrected chi connectivity index (χ1v) is 4.33. The van der Waals surface area contributed by atoms with Gasteiger partial charge in [-0.2, -0.15) is 0 Å². The van der Waals surface area contributed by atoms with E-state index in [0.29, 0.717) is 0 Å². The van der Waals surface area contributed by atoms with Gasteiger partial charge in [0.2, 0.25) is 0 Å². The Bertz CT molecular complexity index is 85.4. The lowest BCUT2D eigenvalue weighted by molar-refractivity contribution is 0.679. The Balaban J connectivity index is 3.52. The SMILES string of the molecule is NS(=O)C(CCl)CCl. The van der Waals surface area contributed by atoms with Crippen molar-refractivity contribution < 1.29 is 4.21 Å². The van der Waals surface area contributed by atoms with Crippen LogP contribution in [0.1, 0.15) is 0 Å². The lowest BCUT2D eigenvalue weighted by Gasteiger charge is -2.02. The summed E-state index contributed by atoms with van der Waals surface area (Å²) in [5.41, 5.74) is 0. The molecule has 5 heteroatoms. The van der Waals surface area contributed by atoms with E-state index in [2.05, 4.69) is 0 Å². The first-order chi connectivity index (χ1) is 3.72. The van der Waals surface area contributed by atoms with Crippen molar-refractivity contribution in [3.63, 3.8) is 0 Å². The van der Waals surface area contributed by atoms with E-state index in [9.17, 15) is 4.21 Å². The highest BCUT2D eigenvalue weighted by Gasteiger charge is 2.08. The van der Waals surface area contributed by atoms with Crippen LogP contribution in [0, 0.1) is 0 Å². The molecule has 0 aliphatic heterocycles. The van der Waals surface area contributed by atoms with Gasteiger partial charge in [0.05, 0.1) is 16.2 Å². The standard InChI is InChI=1S/C3H7Cl2NOS/c4-1-3(2-5)8(6)7/h3H,1-2,6H2. The van der Waals surface area contributed by atoms with Gasteiger partial charge in [-0.3, -0.25) is 5.14 Å². The minimum Gasteiger partial charge on any atom is -0.251 e. The zero-order valence-corrected chi connectivity index (χ0v) is 6.47. The van der Waals surface area contributed by atoms with Gasteiger partial charge in [0.1, 0.15) is 0 Å². The van der Waals surface area contributed by atoms with Crippen LogP contribution in [0.5, 0.6) is 0 Å². The van der Waals surface area contributed by atoms with Crippen LogP contribution in [0.4, 0.5) is 0 Å². The molecule has 0 aromatic rings. The Hall–Kier alpha value is 0.690. The van der Waals surface area contributed by atoms with Gasteiger partial charge in [0.25, 0.3) is 0 Å². The molecule has 1 unspecified atom stereocenters. The van der Waals surface area contributed by atoms with Crippen molar-refractivity contribution in [3.8, 4) is 0 Å². The van der Waals surface area contributed by atoms with E-state index >= 15 is 0 Å². The van der Waals surface area contributed by atoms with Crippen LogP contribution in [-0.2, 0) is 11.0 Å². The summed E-state index contributed by atoms with van der Waals surface area (Å²) in [7, 11) is -1.37. The Labute approximate surface area is 60.9 Å². The number of alkyl halides is 2. The molecule has 0 aliphatic rings. The molecule has 50 valence electrons. The second-order valence-electron chi connectivity index (χ2n) is 1.26. The van der Waals surface area contributed by atoms with Crippen LogP contribution in [0.3, 0.4) is 0 Å². The van der Waals surface area contributed by atoms with Crippen LogP contribution >= 0.6 is 23.2 Å². The Morgan fingerprint density at radius 2 is 1.88 bits per heavy atom. The zero-order chi connectivity index (χ0) is 6.57. The first-order valence-electron chi connectivity index (χ1n) is 1.99. The van der Waals surface area contributed by atoms with Gasteiger partial charge in [-0.05, 0) is 0 Å². The van der Waals surface area contributed by atoms with E-state index in [1.807, 2.05) is 0 Å².